The third kappa shape index (κ3) is 7.11. The van der Waals surface area contributed by atoms with E-state index >= 15 is 0 Å². The summed E-state index contributed by atoms with van der Waals surface area (Å²) in [7, 11) is 3.05. The van der Waals surface area contributed by atoms with Crippen molar-refractivity contribution in [2.45, 2.75) is 19.8 Å². The van der Waals surface area contributed by atoms with Crippen molar-refractivity contribution in [3.05, 3.63) is 58.5 Å². The van der Waals surface area contributed by atoms with Gasteiger partial charge >= 0.3 is 0 Å². The van der Waals surface area contributed by atoms with E-state index in [0.29, 0.717) is 46.3 Å². The molecule has 0 unspecified atom stereocenters. The SMILES string of the molecule is COc1ccc(/C=C2/SC(=O)N(CCNC(=O)CCCOc3ccc(C(C)=O)cc3)C2=O)cc1OC. The van der Waals surface area contributed by atoms with E-state index in [9.17, 15) is 19.2 Å². The van der Waals surface area contributed by atoms with Crippen molar-refractivity contribution < 1.29 is 33.4 Å². The highest BCUT2D eigenvalue weighted by Crippen LogP contribution is 2.34. The highest BCUT2D eigenvalue weighted by Gasteiger charge is 2.34. The third-order valence-corrected chi connectivity index (χ3v) is 6.22. The van der Waals surface area contributed by atoms with E-state index in [4.69, 9.17) is 14.2 Å². The number of imide groups is 1. The summed E-state index contributed by atoms with van der Waals surface area (Å²) in [6.45, 7) is 2.09. The van der Waals surface area contributed by atoms with Gasteiger partial charge in [-0.3, -0.25) is 24.1 Å². The summed E-state index contributed by atoms with van der Waals surface area (Å²) in [5.74, 6) is 1.09. The van der Waals surface area contributed by atoms with Crippen LogP contribution < -0.4 is 19.5 Å². The summed E-state index contributed by atoms with van der Waals surface area (Å²) in [5.41, 5.74) is 1.31. The number of Topliss-reactive ketones (excluding diaryl/α,β-unsaturated/α-hetero) is 1. The number of thioether (sulfide) groups is 1. The number of ketones is 1. The number of methoxy groups -OCH3 is 2. The maximum atomic E-state index is 12.7. The second-order valence-corrected chi connectivity index (χ2v) is 8.82. The zero-order valence-corrected chi connectivity index (χ0v) is 21.2. The first kappa shape index (κ1) is 26.8. The first-order chi connectivity index (χ1) is 17.3. The van der Waals surface area contributed by atoms with Crippen LogP contribution >= 0.6 is 11.8 Å². The Morgan fingerprint density at radius 1 is 1.03 bits per heavy atom. The quantitative estimate of drug-likeness (QED) is 0.259. The molecule has 0 bridgehead atoms. The smallest absolute Gasteiger partial charge is 0.293 e. The molecule has 3 amide bonds. The summed E-state index contributed by atoms with van der Waals surface area (Å²) < 4.78 is 16.1. The minimum Gasteiger partial charge on any atom is -0.494 e. The summed E-state index contributed by atoms with van der Waals surface area (Å²) >= 11 is 0.855. The summed E-state index contributed by atoms with van der Waals surface area (Å²) in [4.78, 5) is 49.8. The predicted octanol–water partition coefficient (Wildman–Crippen LogP) is 3.92. The zero-order valence-electron chi connectivity index (χ0n) is 20.4. The number of hydrogen-bond donors (Lipinski definition) is 1. The molecule has 2 aromatic carbocycles. The van der Waals surface area contributed by atoms with Gasteiger partial charge < -0.3 is 19.5 Å². The van der Waals surface area contributed by atoms with Gasteiger partial charge in [-0.15, -0.1) is 0 Å². The number of carbonyl (C=O) groups excluding carboxylic acids is 4. The fourth-order valence-corrected chi connectivity index (χ4v) is 4.26. The number of carbonyl (C=O) groups is 4. The molecule has 0 radical (unpaired) electrons. The van der Waals surface area contributed by atoms with Crippen molar-refractivity contribution >= 4 is 40.7 Å². The van der Waals surface area contributed by atoms with Crippen LogP contribution in [-0.2, 0) is 9.59 Å². The zero-order chi connectivity index (χ0) is 26.1. The number of hydrogen-bond acceptors (Lipinski definition) is 8. The molecule has 1 aliphatic heterocycles. The van der Waals surface area contributed by atoms with Crippen LogP contribution in [0, 0.1) is 0 Å². The van der Waals surface area contributed by atoms with E-state index in [1.807, 2.05) is 0 Å². The van der Waals surface area contributed by atoms with Gasteiger partial charge in [0, 0.05) is 25.1 Å². The van der Waals surface area contributed by atoms with Gasteiger partial charge in [-0.25, -0.2) is 0 Å². The Bertz CT molecular complexity index is 1160. The molecule has 10 heteroatoms. The minimum atomic E-state index is -0.404. The summed E-state index contributed by atoms with van der Waals surface area (Å²) in [5, 5.41) is 2.34. The van der Waals surface area contributed by atoms with Gasteiger partial charge in [0.25, 0.3) is 11.1 Å². The predicted molar refractivity (Wildman–Crippen MR) is 136 cm³/mol. The van der Waals surface area contributed by atoms with E-state index < -0.39 is 5.91 Å². The molecule has 0 spiro atoms. The maximum Gasteiger partial charge on any atom is 0.293 e. The normalized spacial score (nSPS) is 14.2. The molecule has 1 aliphatic rings. The molecule has 1 N–H and O–H groups in total. The Hall–Kier alpha value is -3.79. The minimum absolute atomic E-state index is 0.0145. The van der Waals surface area contributed by atoms with Crippen LogP contribution in [-0.4, -0.2) is 61.7 Å². The Balaban J connectivity index is 1.41. The van der Waals surface area contributed by atoms with E-state index in [1.165, 1.54) is 21.1 Å². The Labute approximate surface area is 213 Å². The van der Waals surface area contributed by atoms with Crippen LogP contribution in [0.1, 0.15) is 35.7 Å². The van der Waals surface area contributed by atoms with Crippen molar-refractivity contribution in [1.29, 1.82) is 0 Å². The monoisotopic (exact) mass is 512 g/mol. The molecule has 0 saturated carbocycles. The topological polar surface area (TPSA) is 111 Å². The number of amides is 3. The van der Waals surface area contributed by atoms with Gasteiger partial charge in [-0.2, -0.15) is 0 Å². The first-order valence-electron chi connectivity index (χ1n) is 11.3. The molecule has 0 aromatic heterocycles. The fraction of sp³-hybridized carbons (Fsp3) is 0.308. The molecule has 1 heterocycles. The molecule has 1 fully saturated rings. The molecular formula is C26H28N2O7S. The first-order valence-corrected chi connectivity index (χ1v) is 12.1. The Kier molecular flexibility index (Phi) is 9.52. The molecule has 2 aromatic rings. The maximum absolute atomic E-state index is 12.7. The molecule has 9 nitrogen and oxygen atoms in total. The molecule has 190 valence electrons. The van der Waals surface area contributed by atoms with Crippen LogP contribution in [0.25, 0.3) is 6.08 Å². The number of nitrogens with one attached hydrogen (secondary N) is 1. The van der Waals surface area contributed by atoms with Crippen LogP contribution in [0.4, 0.5) is 4.79 Å². The number of nitrogens with zero attached hydrogens (tertiary/aromatic N) is 1. The van der Waals surface area contributed by atoms with Gasteiger partial charge in [-0.1, -0.05) is 6.07 Å². The highest BCUT2D eigenvalue weighted by molar-refractivity contribution is 8.18. The van der Waals surface area contributed by atoms with Gasteiger partial charge in [0.15, 0.2) is 17.3 Å². The Morgan fingerprint density at radius 3 is 2.42 bits per heavy atom. The third-order valence-electron chi connectivity index (χ3n) is 5.31. The molecule has 1 saturated heterocycles. The lowest BCUT2D eigenvalue weighted by Crippen LogP contribution is -2.37. The van der Waals surface area contributed by atoms with Crippen molar-refractivity contribution in [3.8, 4) is 17.2 Å². The average Bonchev–Trinajstić information content (AvgIpc) is 3.14. The number of ether oxygens (including phenoxy) is 3. The lowest BCUT2D eigenvalue weighted by Gasteiger charge is -2.13. The average molecular weight is 513 g/mol. The van der Waals surface area contributed by atoms with E-state index in [1.54, 1.807) is 48.5 Å². The second kappa shape index (κ2) is 12.8. The van der Waals surface area contributed by atoms with Crippen LogP contribution in [0.2, 0.25) is 0 Å². The molecule has 3 rings (SSSR count). The van der Waals surface area contributed by atoms with Crippen molar-refractivity contribution in [3.63, 3.8) is 0 Å². The van der Waals surface area contributed by atoms with Gasteiger partial charge in [0.1, 0.15) is 5.75 Å². The van der Waals surface area contributed by atoms with E-state index in [2.05, 4.69) is 5.32 Å². The summed E-state index contributed by atoms with van der Waals surface area (Å²) in [6.07, 6.45) is 2.36. The molecular weight excluding hydrogens is 484 g/mol. The molecule has 0 aliphatic carbocycles. The van der Waals surface area contributed by atoms with Crippen molar-refractivity contribution in [2.75, 3.05) is 33.9 Å². The highest BCUT2D eigenvalue weighted by atomic mass is 32.2. The molecule has 36 heavy (non-hydrogen) atoms. The lowest BCUT2D eigenvalue weighted by atomic mass is 10.1. The van der Waals surface area contributed by atoms with Gasteiger partial charge in [0.05, 0.1) is 25.7 Å². The van der Waals surface area contributed by atoms with E-state index in [-0.39, 0.29) is 36.4 Å². The van der Waals surface area contributed by atoms with Crippen LogP contribution in [0.3, 0.4) is 0 Å². The number of benzene rings is 2. The second-order valence-electron chi connectivity index (χ2n) is 7.83. The van der Waals surface area contributed by atoms with Gasteiger partial charge in [-0.05, 0) is 73.1 Å². The number of rotatable bonds is 12. The van der Waals surface area contributed by atoms with Crippen LogP contribution in [0.5, 0.6) is 17.2 Å². The summed E-state index contributed by atoms with van der Waals surface area (Å²) in [6, 6.07) is 12.0. The largest absolute Gasteiger partial charge is 0.494 e. The Morgan fingerprint density at radius 2 is 1.75 bits per heavy atom. The standard InChI is InChI=1S/C26H28N2O7S/c1-17(29)19-7-9-20(10-8-19)35-14-4-5-24(30)27-12-13-28-25(31)23(36-26(28)32)16-18-6-11-21(33-2)22(15-18)34-3/h6-11,15-16H,4-5,12-14H2,1-3H3,(H,27,30)/b23-16+. The van der Waals surface area contributed by atoms with Crippen LogP contribution in [0.15, 0.2) is 47.4 Å². The van der Waals surface area contributed by atoms with E-state index in [0.717, 1.165) is 16.7 Å². The van der Waals surface area contributed by atoms with Crippen molar-refractivity contribution in [2.24, 2.45) is 0 Å². The van der Waals surface area contributed by atoms with Gasteiger partial charge in [0.2, 0.25) is 5.91 Å². The molecule has 0 atom stereocenters. The fourth-order valence-electron chi connectivity index (χ4n) is 3.39. The lowest BCUT2D eigenvalue weighted by molar-refractivity contribution is -0.124. The van der Waals surface area contributed by atoms with Crippen molar-refractivity contribution in [1.82, 2.24) is 10.2 Å².